The van der Waals surface area contributed by atoms with Crippen molar-refractivity contribution in [3.8, 4) is 0 Å². The van der Waals surface area contributed by atoms with Crippen molar-refractivity contribution in [1.82, 2.24) is 0 Å². The molecule has 9 rings (SSSR count). The van der Waals surface area contributed by atoms with Crippen LogP contribution in [-0.4, -0.2) is 180 Å². The highest BCUT2D eigenvalue weighted by atomic mass is 127. The van der Waals surface area contributed by atoms with Crippen LogP contribution in [0.5, 0.6) is 0 Å². The Labute approximate surface area is 613 Å². The molecule has 7 bridgehead atoms. The maximum atomic E-state index is 15.5. The van der Waals surface area contributed by atoms with E-state index in [0.717, 1.165) is 22.8 Å². The van der Waals surface area contributed by atoms with Gasteiger partial charge in [-0.15, -0.1) is 0 Å². The lowest BCUT2D eigenvalue weighted by Gasteiger charge is -2.56. The van der Waals surface area contributed by atoms with Crippen LogP contribution < -0.4 is 0 Å². The number of ether oxygens (including phenoxy) is 7. The van der Waals surface area contributed by atoms with E-state index in [1.807, 2.05) is 24.3 Å². The number of alkyl halides is 1. The van der Waals surface area contributed by atoms with Crippen molar-refractivity contribution in [3.05, 3.63) is 60.2 Å². The Bertz CT molecular complexity index is 2820. The molecule has 0 spiro atoms. The molecule has 1 aromatic carbocycles. The summed E-state index contributed by atoms with van der Waals surface area (Å²) in [4.78, 5) is 29.8. The number of carbonyl (C=O) groups is 2. The monoisotopic (exact) mass is 1570 g/mol. The Balaban J connectivity index is 1.35. The third-order valence-corrected chi connectivity index (χ3v) is 49.2. The number of methoxy groups -OCH3 is 1. The molecule has 19 atom stereocenters. The Kier molecular flexibility index (Phi) is 27.8. The molecule has 9 unspecified atom stereocenters. The maximum absolute atomic E-state index is 15.5. The number of aliphatic hydroxyl groups excluding tert-OH is 1. The minimum atomic E-state index is -2.69. The highest BCUT2D eigenvalue weighted by Crippen LogP contribution is 2.51. The van der Waals surface area contributed by atoms with Crippen molar-refractivity contribution in [2.45, 2.75) is 382 Å². The summed E-state index contributed by atoms with van der Waals surface area (Å²) in [6, 6.07) is 9.22. The van der Waals surface area contributed by atoms with E-state index in [2.05, 4.69) is 211 Å². The molecule has 0 aliphatic carbocycles. The minimum absolute atomic E-state index is 0.00914. The molecule has 0 radical (unpaired) electrons. The van der Waals surface area contributed by atoms with Crippen LogP contribution in [0.25, 0.3) is 0 Å². The highest BCUT2D eigenvalue weighted by Gasteiger charge is 2.59. The first-order valence-electron chi connectivity index (χ1n) is 37.4. The van der Waals surface area contributed by atoms with Crippen LogP contribution in [-0.2, 0) is 60.1 Å². The second-order valence-corrected chi connectivity index (χ2v) is 62.6. The molecule has 8 aliphatic rings. The summed E-state index contributed by atoms with van der Waals surface area (Å²) >= 11 is 2.48. The van der Waals surface area contributed by atoms with Gasteiger partial charge < -0.3 is 60.4 Å². The Morgan fingerprint density at radius 1 is 0.633 bits per heavy atom. The molecule has 562 valence electrons. The van der Waals surface area contributed by atoms with Crippen molar-refractivity contribution in [1.29, 1.82) is 0 Å². The molecule has 98 heavy (non-hydrogen) atoms. The second-order valence-electron chi connectivity index (χ2n) is 38.0. The van der Waals surface area contributed by atoms with Crippen LogP contribution in [0.2, 0.25) is 90.7 Å². The summed E-state index contributed by atoms with van der Waals surface area (Å²) in [5.74, 6) is -0.856. The normalized spacial score (nSPS) is 34.4. The number of hydrogen-bond acceptors (Lipinski definition) is 15. The zero-order valence-electron chi connectivity index (χ0n) is 66.1. The van der Waals surface area contributed by atoms with Gasteiger partial charge in [-0.3, -0.25) is 4.79 Å². The number of hydrogen-bond donors (Lipinski definition) is 1. The van der Waals surface area contributed by atoms with Gasteiger partial charge >= 0.3 is 5.97 Å². The van der Waals surface area contributed by atoms with Gasteiger partial charge in [0.2, 0.25) is 0 Å². The number of esters is 1. The van der Waals surface area contributed by atoms with E-state index >= 15 is 4.79 Å². The van der Waals surface area contributed by atoms with Gasteiger partial charge in [0.1, 0.15) is 41.9 Å². The van der Waals surface area contributed by atoms with E-state index in [1.165, 1.54) is 0 Å². The van der Waals surface area contributed by atoms with Gasteiger partial charge in [0, 0.05) is 49.6 Å². The average molecular weight is 1570 g/mol. The summed E-state index contributed by atoms with van der Waals surface area (Å²) in [6.45, 7) is 64.0. The second kappa shape index (κ2) is 32.3. The number of ketones is 1. The van der Waals surface area contributed by atoms with Gasteiger partial charge in [-0.1, -0.05) is 164 Å². The Hall–Kier alpha value is -0.826. The molecular weight excluding hydrogens is 1430 g/mol. The molecule has 0 amide bonds. The minimum Gasteiger partial charge on any atom is -0.455 e. The zero-order chi connectivity index (χ0) is 73.5. The lowest BCUT2D eigenvalue weighted by molar-refractivity contribution is -0.266. The van der Waals surface area contributed by atoms with Crippen LogP contribution in [0.15, 0.2) is 54.6 Å². The van der Waals surface area contributed by atoms with E-state index < -0.39 is 132 Å². The lowest BCUT2D eigenvalue weighted by atomic mass is 9.82. The van der Waals surface area contributed by atoms with Crippen LogP contribution in [0.3, 0.4) is 0 Å². The predicted octanol–water partition coefficient (Wildman–Crippen LogP) is 18.4. The SMILES string of the molecule is C=C1[C@H](C)CC2CC[C@@H]3O[C@@H](CCC(OC(=O)c4ccccc4)/C=C/C(O[Si](C)(C)C(C)(C)C)[C@@H]4O[C@H]5CCC(CC(=O)C[C@H]6[C@H](C[C@H]1O)OC(CC(CO[Si](C)(C)C(C)(C)C)O[Si](C)(C)C(C)(C)C)[C@@H]6OC)O[C@@H]5C(O[Si](C)(C)C(C)(C)C)C4O[Si](C)(C)C(C)(C)C)CC3(CI)O2. The first-order valence-corrected chi connectivity index (χ1v) is 53.5. The third kappa shape index (κ3) is 20.4. The maximum Gasteiger partial charge on any atom is 0.338 e. The molecule has 1 N–H and O–H groups in total. The van der Waals surface area contributed by atoms with E-state index in [0.29, 0.717) is 57.1 Å². The Morgan fingerprint density at radius 3 is 1.74 bits per heavy atom. The van der Waals surface area contributed by atoms with Gasteiger partial charge in [0.25, 0.3) is 0 Å². The number of benzene rings is 1. The molecular formula is C77H137IO15Si5. The van der Waals surface area contributed by atoms with Crippen LogP contribution in [0.1, 0.15) is 198 Å². The molecule has 5 fully saturated rings. The van der Waals surface area contributed by atoms with Crippen molar-refractivity contribution in [2.24, 2.45) is 11.8 Å². The molecule has 15 nitrogen and oxygen atoms in total. The zero-order valence-corrected chi connectivity index (χ0v) is 73.2. The molecule has 0 saturated carbocycles. The van der Waals surface area contributed by atoms with Crippen LogP contribution >= 0.6 is 22.6 Å². The number of Topliss-reactive ketones (excluding diaryl/α,β-unsaturated/α-hetero) is 1. The smallest absolute Gasteiger partial charge is 0.338 e. The Morgan fingerprint density at radius 2 is 1.18 bits per heavy atom. The van der Waals surface area contributed by atoms with Crippen molar-refractivity contribution in [3.63, 3.8) is 0 Å². The number of rotatable bonds is 17. The average Bonchev–Trinajstić information content (AvgIpc) is 0.902. The van der Waals surface area contributed by atoms with E-state index in [9.17, 15) is 9.90 Å². The highest BCUT2D eigenvalue weighted by molar-refractivity contribution is 14.1. The predicted molar refractivity (Wildman–Crippen MR) is 416 cm³/mol. The van der Waals surface area contributed by atoms with Crippen molar-refractivity contribution < 1.29 is 70.0 Å². The largest absolute Gasteiger partial charge is 0.455 e. The molecule has 5 saturated heterocycles. The summed E-state index contributed by atoms with van der Waals surface area (Å²) in [5, 5.41) is 11.9. The van der Waals surface area contributed by atoms with Crippen LogP contribution in [0, 0.1) is 11.8 Å². The number of halogens is 1. The van der Waals surface area contributed by atoms with E-state index in [4.69, 9.17) is 55.3 Å². The van der Waals surface area contributed by atoms with E-state index in [1.54, 1.807) is 19.2 Å². The number of aliphatic hydroxyl groups is 1. The fourth-order valence-electron chi connectivity index (χ4n) is 13.9. The summed E-state index contributed by atoms with van der Waals surface area (Å²) in [7, 11) is -10.8. The van der Waals surface area contributed by atoms with Gasteiger partial charge in [0.15, 0.2) is 41.6 Å². The summed E-state index contributed by atoms with van der Waals surface area (Å²) < 4.78 is 88.6. The quantitative estimate of drug-likeness (QED) is 0.0514. The van der Waals surface area contributed by atoms with Gasteiger partial charge in [-0.2, -0.15) is 0 Å². The van der Waals surface area contributed by atoms with E-state index in [-0.39, 0.29) is 80.6 Å². The van der Waals surface area contributed by atoms with Gasteiger partial charge in [-0.25, -0.2) is 4.79 Å². The van der Waals surface area contributed by atoms with Gasteiger partial charge in [0.05, 0.1) is 79.3 Å². The van der Waals surface area contributed by atoms with Crippen molar-refractivity contribution >= 4 is 75.9 Å². The molecule has 0 aromatic heterocycles. The summed E-state index contributed by atoms with van der Waals surface area (Å²) in [6.07, 6.45) is 2.76. The summed E-state index contributed by atoms with van der Waals surface area (Å²) in [5.41, 5.74) is 0.680. The first kappa shape index (κ1) is 84.4. The number of fused-ring (bicyclic) bond motifs is 2. The first-order chi connectivity index (χ1) is 44.8. The van der Waals surface area contributed by atoms with Crippen LogP contribution in [0.4, 0.5) is 0 Å². The molecule has 21 heteroatoms. The topological polar surface area (TPSA) is 165 Å². The fourth-order valence-corrected chi connectivity index (χ4v) is 21.1. The number of carbonyl (C=O) groups excluding carboxylic acids is 2. The third-order valence-electron chi connectivity index (χ3n) is 25.4. The van der Waals surface area contributed by atoms with Gasteiger partial charge in [-0.05, 0) is 165 Å². The molecule has 8 heterocycles. The molecule has 8 aliphatic heterocycles. The molecule has 1 aromatic rings. The lowest BCUT2D eigenvalue weighted by Crippen LogP contribution is -2.69. The standard InChI is InChI=1S/C77H137IO15Si5/c1-50-42-56-38-41-65-77(49-78,89-56)47-57(84-65)35-34-54(86-71(81)52-32-30-29-31-33-52)36-40-62(91-96(23,24)74(9,10)11)68-70(93-98(27,28)76(15,16)17)69(92-97(25,26)75(12,13)14)67-61(88-68)39-37-55(85-67)43-53(79)44-59-63(46-60(80)51(50)2)87-64(66(59)82-18)45-58(90-95(21,22)73(6,7)8)48-83-94(19,20)72(3,4)5/h29-33,36,40,50,54-70,80H,2,34-35,37-39,41-49H2,1,3-28H3/b40-36+/t50-,54?,55?,56?,57+,58?,59+,60-,61+,62?,63+,64?,65+,66-,67+,68+,69?,70?,77?/m1/s1. The fraction of sp³-hybridized carbons (Fsp3) is 0.844. The van der Waals surface area contributed by atoms with Crippen molar-refractivity contribution in [2.75, 3.05) is 18.1 Å².